The van der Waals surface area contributed by atoms with E-state index in [4.69, 9.17) is 0 Å². The number of alkyl halides is 3. The number of carbonyl (C=O) groups excluding carboxylic acids is 1. The zero-order chi connectivity index (χ0) is 23.2. The number of amides is 1. The highest BCUT2D eigenvalue weighted by molar-refractivity contribution is 5.93. The van der Waals surface area contributed by atoms with E-state index in [9.17, 15) is 18.0 Å². The van der Waals surface area contributed by atoms with Crippen LogP contribution in [0.4, 0.5) is 13.2 Å². The first-order chi connectivity index (χ1) is 15.1. The average Bonchev–Trinajstić information content (AvgIpc) is 3.35. The Balaban J connectivity index is 1.75. The number of carbonyl (C=O) groups is 1. The van der Waals surface area contributed by atoms with E-state index in [2.05, 4.69) is 15.2 Å². The minimum absolute atomic E-state index is 0.146. The monoisotopic (exact) mass is 448 g/mol. The molecule has 4 rings (SSSR count). The zero-order valence-electron chi connectivity index (χ0n) is 18.6. The van der Waals surface area contributed by atoms with Crippen molar-refractivity contribution < 1.29 is 18.0 Å². The molecule has 32 heavy (non-hydrogen) atoms. The molecule has 1 fully saturated rings. The molecule has 0 aliphatic carbocycles. The van der Waals surface area contributed by atoms with Gasteiger partial charge in [0.2, 0.25) is 0 Å². The van der Waals surface area contributed by atoms with E-state index in [1.807, 2.05) is 13.8 Å². The zero-order valence-corrected chi connectivity index (χ0v) is 18.6. The summed E-state index contributed by atoms with van der Waals surface area (Å²) in [5.74, 6) is -0.00937. The Morgan fingerprint density at radius 2 is 1.94 bits per heavy atom. The third-order valence-corrected chi connectivity index (χ3v) is 5.97. The van der Waals surface area contributed by atoms with Gasteiger partial charge in [-0.1, -0.05) is 20.8 Å². The van der Waals surface area contributed by atoms with E-state index in [0.717, 1.165) is 29.1 Å². The minimum atomic E-state index is -4.56. The van der Waals surface area contributed by atoms with Gasteiger partial charge in [0, 0.05) is 25.4 Å². The second kappa shape index (κ2) is 8.22. The van der Waals surface area contributed by atoms with Crippen molar-refractivity contribution in [2.45, 2.75) is 64.6 Å². The minimum Gasteiger partial charge on any atom is -0.329 e. The molecule has 172 valence electrons. The number of aryl methyl sites for hydroxylation is 2. The predicted molar refractivity (Wildman–Crippen MR) is 112 cm³/mol. The summed E-state index contributed by atoms with van der Waals surface area (Å²) in [6.07, 6.45) is -1.85. The number of fused-ring (bicyclic) bond motifs is 1. The van der Waals surface area contributed by atoms with Crippen LogP contribution in [0, 0.1) is 0 Å². The molecule has 0 saturated carbocycles. The van der Waals surface area contributed by atoms with Gasteiger partial charge >= 0.3 is 6.18 Å². The number of rotatable bonds is 4. The van der Waals surface area contributed by atoms with E-state index in [1.54, 1.807) is 35.7 Å². The highest BCUT2D eigenvalue weighted by Crippen LogP contribution is 2.34. The number of nitrogens with zero attached hydrogens (tertiary/aromatic N) is 6. The van der Waals surface area contributed by atoms with Gasteiger partial charge in [-0.15, -0.1) is 0 Å². The molecule has 0 unspecified atom stereocenters. The molecular weight excluding hydrogens is 421 g/mol. The Labute approximate surface area is 184 Å². The van der Waals surface area contributed by atoms with Crippen LogP contribution in [-0.4, -0.2) is 41.7 Å². The normalized spacial score (nSPS) is 17.5. The summed E-state index contributed by atoms with van der Waals surface area (Å²) in [5, 5.41) is 8.71. The summed E-state index contributed by atoms with van der Waals surface area (Å²) >= 11 is 0. The highest BCUT2D eigenvalue weighted by Gasteiger charge is 2.37. The molecule has 0 radical (unpaired) electrons. The van der Waals surface area contributed by atoms with Crippen molar-refractivity contribution in [1.82, 2.24) is 29.3 Å². The van der Waals surface area contributed by atoms with Crippen LogP contribution < -0.4 is 0 Å². The van der Waals surface area contributed by atoms with Crippen molar-refractivity contribution >= 4 is 11.6 Å². The molecule has 7 nitrogen and oxygen atoms in total. The van der Waals surface area contributed by atoms with Gasteiger partial charge in [-0.05, 0) is 43.7 Å². The van der Waals surface area contributed by atoms with Crippen molar-refractivity contribution in [1.29, 1.82) is 0 Å². The van der Waals surface area contributed by atoms with Gasteiger partial charge in [-0.25, -0.2) is 9.50 Å². The fourth-order valence-electron chi connectivity index (χ4n) is 4.19. The van der Waals surface area contributed by atoms with Crippen molar-refractivity contribution in [3.8, 4) is 0 Å². The standard InChI is InChI=1S/C22H27F3N6O/c1-5-14-10-19(22(23,24)25)31-20(26-14)12-16(28-31)17-8-6-7-9-30(17)21(32)18-11-15(13(2)3)27-29(18)4/h10-13,17H,5-9H2,1-4H3/t17-/m0/s1. The molecule has 0 bridgehead atoms. The van der Waals surface area contributed by atoms with Gasteiger partial charge in [0.05, 0.1) is 17.4 Å². The summed E-state index contributed by atoms with van der Waals surface area (Å²) in [5.41, 5.74) is 1.36. The summed E-state index contributed by atoms with van der Waals surface area (Å²) in [7, 11) is 1.73. The maximum Gasteiger partial charge on any atom is 0.433 e. The molecule has 1 atom stereocenters. The Morgan fingerprint density at radius 1 is 1.19 bits per heavy atom. The van der Waals surface area contributed by atoms with Crippen LogP contribution in [0.1, 0.15) is 85.3 Å². The van der Waals surface area contributed by atoms with Gasteiger partial charge in [-0.3, -0.25) is 9.48 Å². The van der Waals surface area contributed by atoms with Crippen LogP contribution in [0.15, 0.2) is 18.2 Å². The third kappa shape index (κ3) is 3.98. The quantitative estimate of drug-likeness (QED) is 0.588. The van der Waals surface area contributed by atoms with E-state index < -0.39 is 17.9 Å². The van der Waals surface area contributed by atoms with Gasteiger partial charge in [0.1, 0.15) is 11.4 Å². The Bertz CT molecular complexity index is 1150. The number of aromatic nitrogens is 5. The molecule has 3 aromatic rings. The number of hydrogen-bond acceptors (Lipinski definition) is 4. The highest BCUT2D eigenvalue weighted by atomic mass is 19.4. The lowest BCUT2D eigenvalue weighted by molar-refractivity contribution is -0.142. The molecule has 0 aromatic carbocycles. The Hall–Kier alpha value is -2.91. The first-order valence-electron chi connectivity index (χ1n) is 10.9. The Kier molecular flexibility index (Phi) is 5.72. The molecule has 3 aromatic heterocycles. The fraction of sp³-hybridized carbons (Fsp3) is 0.545. The predicted octanol–water partition coefficient (Wildman–Crippen LogP) is 4.53. The molecule has 1 aliphatic heterocycles. The summed E-state index contributed by atoms with van der Waals surface area (Å²) in [4.78, 5) is 19.5. The number of piperidine rings is 1. The van der Waals surface area contributed by atoms with E-state index in [1.165, 1.54) is 0 Å². The number of likely N-dealkylation sites (tertiary alicyclic amines) is 1. The van der Waals surface area contributed by atoms with Gasteiger partial charge in [-0.2, -0.15) is 23.4 Å². The van der Waals surface area contributed by atoms with E-state index in [0.29, 0.717) is 36.5 Å². The van der Waals surface area contributed by atoms with Crippen molar-refractivity contribution in [3.63, 3.8) is 0 Å². The molecule has 10 heteroatoms. The maximum atomic E-state index is 13.7. The lowest BCUT2D eigenvalue weighted by atomic mass is 9.98. The van der Waals surface area contributed by atoms with Crippen LogP contribution in [0.5, 0.6) is 0 Å². The Morgan fingerprint density at radius 3 is 2.56 bits per heavy atom. The lowest BCUT2D eigenvalue weighted by Gasteiger charge is -2.34. The van der Waals surface area contributed by atoms with Crippen LogP contribution >= 0.6 is 0 Å². The molecule has 1 amide bonds. The van der Waals surface area contributed by atoms with Crippen LogP contribution in [0.3, 0.4) is 0 Å². The van der Waals surface area contributed by atoms with Gasteiger partial charge in [0.15, 0.2) is 5.65 Å². The summed E-state index contributed by atoms with van der Waals surface area (Å²) in [6, 6.07) is 3.99. The third-order valence-electron chi connectivity index (χ3n) is 5.97. The molecular formula is C22H27F3N6O. The molecule has 1 saturated heterocycles. The maximum absolute atomic E-state index is 13.7. The SMILES string of the molecule is CCc1cc(C(F)(F)F)n2nc([C@@H]3CCCCN3C(=O)c3cc(C(C)C)nn3C)cc2n1. The largest absolute Gasteiger partial charge is 0.433 e. The number of halogens is 3. The second-order valence-corrected chi connectivity index (χ2v) is 8.57. The van der Waals surface area contributed by atoms with Crippen LogP contribution in [0.25, 0.3) is 5.65 Å². The van der Waals surface area contributed by atoms with Crippen molar-refractivity contribution in [2.75, 3.05) is 6.54 Å². The molecule has 0 N–H and O–H groups in total. The topological polar surface area (TPSA) is 68.3 Å². The first-order valence-corrected chi connectivity index (χ1v) is 10.9. The van der Waals surface area contributed by atoms with Crippen LogP contribution in [0.2, 0.25) is 0 Å². The first kappa shape index (κ1) is 22.3. The van der Waals surface area contributed by atoms with E-state index in [-0.39, 0.29) is 17.5 Å². The smallest absolute Gasteiger partial charge is 0.329 e. The van der Waals surface area contributed by atoms with Crippen molar-refractivity contribution in [3.05, 3.63) is 46.7 Å². The molecule has 4 heterocycles. The fourth-order valence-corrected chi connectivity index (χ4v) is 4.19. The second-order valence-electron chi connectivity index (χ2n) is 8.57. The summed E-state index contributed by atoms with van der Waals surface area (Å²) < 4.78 is 43.4. The van der Waals surface area contributed by atoms with Crippen LogP contribution in [-0.2, 0) is 19.6 Å². The molecule has 1 aliphatic rings. The van der Waals surface area contributed by atoms with Crippen molar-refractivity contribution in [2.24, 2.45) is 7.05 Å². The van der Waals surface area contributed by atoms with Gasteiger partial charge in [0.25, 0.3) is 5.91 Å². The van der Waals surface area contributed by atoms with Gasteiger partial charge < -0.3 is 4.90 Å². The summed E-state index contributed by atoms with van der Waals surface area (Å²) in [6.45, 7) is 6.29. The van der Waals surface area contributed by atoms with E-state index >= 15 is 0 Å². The lowest BCUT2D eigenvalue weighted by Crippen LogP contribution is -2.39. The number of hydrogen-bond donors (Lipinski definition) is 0. The molecule has 0 spiro atoms. The average molecular weight is 448 g/mol.